The van der Waals surface area contributed by atoms with Gasteiger partial charge >= 0.3 is 0 Å². The van der Waals surface area contributed by atoms with Gasteiger partial charge in [0.15, 0.2) is 19.7 Å². The van der Waals surface area contributed by atoms with E-state index in [1.807, 2.05) is 13.8 Å². The first-order chi connectivity index (χ1) is 10.5. The van der Waals surface area contributed by atoms with Crippen molar-refractivity contribution < 1.29 is 21.2 Å². The van der Waals surface area contributed by atoms with Gasteiger partial charge in [-0.05, 0) is 43.1 Å². The largest absolute Gasteiger partial charge is 0.311 e. The summed E-state index contributed by atoms with van der Waals surface area (Å²) in [6, 6.07) is 2.91. The molecule has 0 saturated carbocycles. The molecule has 1 aliphatic rings. The highest BCUT2D eigenvalue weighted by atomic mass is 32.2. The second kappa shape index (κ2) is 6.49. The topological polar surface area (TPSA) is 80.3 Å². The molecular weight excluding hydrogens is 341 g/mol. The van der Waals surface area contributed by atoms with Gasteiger partial charge in [0.1, 0.15) is 5.82 Å². The number of hydrogen-bond donors (Lipinski definition) is 1. The van der Waals surface area contributed by atoms with E-state index in [1.54, 1.807) is 0 Å². The van der Waals surface area contributed by atoms with Crippen LogP contribution in [0, 0.1) is 18.7 Å². The Morgan fingerprint density at radius 3 is 2.52 bits per heavy atom. The Bertz CT molecular complexity index is 788. The van der Waals surface area contributed by atoms with Crippen molar-refractivity contribution in [2.45, 2.75) is 37.0 Å². The van der Waals surface area contributed by atoms with Gasteiger partial charge in [-0.2, -0.15) is 0 Å². The van der Waals surface area contributed by atoms with Crippen LogP contribution < -0.4 is 5.32 Å². The first-order valence-electron chi connectivity index (χ1n) is 7.47. The minimum atomic E-state index is -3.85. The molecule has 0 unspecified atom stereocenters. The van der Waals surface area contributed by atoms with E-state index in [-0.39, 0.29) is 22.1 Å². The van der Waals surface area contributed by atoms with Crippen LogP contribution in [0.3, 0.4) is 0 Å². The molecule has 1 N–H and O–H groups in total. The van der Waals surface area contributed by atoms with Crippen LogP contribution in [-0.4, -0.2) is 46.2 Å². The molecule has 0 aromatic heterocycles. The van der Waals surface area contributed by atoms with Crippen LogP contribution in [-0.2, 0) is 19.7 Å². The predicted octanol–water partition coefficient (Wildman–Crippen LogP) is 1.32. The molecule has 1 heterocycles. The number of benzene rings is 1. The van der Waals surface area contributed by atoms with Gasteiger partial charge < -0.3 is 5.32 Å². The van der Waals surface area contributed by atoms with E-state index in [0.29, 0.717) is 6.54 Å². The van der Waals surface area contributed by atoms with Crippen LogP contribution in [0.15, 0.2) is 23.1 Å². The zero-order valence-electron chi connectivity index (χ0n) is 13.4. The zero-order chi connectivity index (χ0) is 17.4. The lowest BCUT2D eigenvalue weighted by Crippen LogP contribution is -2.44. The standard InChI is InChI=1S/C15H22FNO4S2/c1-10(2)7-17-14-8-22(18,19)9-15(14)23(20,21)12-4-5-13(16)11(3)6-12/h4-6,10,14-15,17H,7-9H2,1-3H3/t14-,15-/m1/s1. The summed E-state index contributed by atoms with van der Waals surface area (Å²) in [5, 5.41) is 2.01. The third kappa shape index (κ3) is 4.10. The lowest BCUT2D eigenvalue weighted by Gasteiger charge is -2.21. The van der Waals surface area contributed by atoms with Crippen LogP contribution in [0.25, 0.3) is 0 Å². The fourth-order valence-electron chi connectivity index (χ4n) is 2.67. The van der Waals surface area contributed by atoms with Gasteiger partial charge in [0.25, 0.3) is 0 Å². The molecule has 1 fully saturated rings. The minimum absolute atomic E-state index is 0.0325. The summed E-state index contributed by atoms with van der Waals surface area (Å²) < 4.78 is 62.9. The molecule has 0 aliphatic carbocycles. The lowest BCUT2D eigenvalue weighted by atomic mass is 10.2. The maximum absolute atomic E-state index is 13.4. The first-order valence-corrected chi connectivity index (χ1v) is 10.8. The monoisotopic (exact) mass is 363 g/mol. The Labute approximate surface area is 137 Å². The van der Waals surface area contributed by atoms with Gasteiger partial charge in [0, 0.05) is 6.04 Å². The summed E-state index contributed by atoms with van der Waals surface area (Å²) in [7, 11) is -7.27. The van der Waals surface area contributed by atoms with E-state index in [9.17, 15) is 21.2 Å². The molecule has 1 aromatic carbocycles. The number of rotatable bonds is 5. The minimum Gasteiger partial charge on any atom is -0.311 e. The van der Waals surface area contributed by atoms with Crippen molar-refractivity contribution in [3.8, 4) is 0 Å². The van der Waals surface area contributed by atoms with Gasteiger partial charge in [-0.3, -0.25) is 0 Å². The molecule has 0 amide bonds. The summed E-state index contributed by atoms with van der Waals surface area (Å²) >= 11 is 0. The van der Waals surface area contributed by atoms with Gasteiger partial charge in [0.2, 0.25) is 0 Å². The second-order valence-corrected chi connectivity index (χ2v) is 10.8. The third-order valence-corrected chi connectivity index (χ3v) is 8.09. The van der Waals surface area contributed by atoms with Gasteiger partial charge in [-0.25, -0.2) is 21.2 Å². The normalized spacial score (nSPS) is 24.2. The average Bonchev–Trinajstić information content (AvgIpc) is 2.75. The van der Waals surface area contributed by atoms with Crippen molar-refractivity contribution in [1.82, 2.24) is 5.32 Å². The van der Waals surface area contributed by atoms with Crippen molar-refractivity contribution in [3.05, 3.63) is 29.6 Å². The Balaban J connectivity index is 2.36. The summed E-state index contributed by atoms with van der Waals surface area (Å²) in [5.74, 6) is -0.808. The molecule has 1 aromatic rings. The average molecular weight is 363 g/mol. The molecular formula is C15H22FNO4S2. The van der Waals surface area contributed by atoms with Gasteiger partial charge in [-0.1, -0.05) is 13.8 Å². The molecule has 0 spiro atoms. The summed E-state index contributed by atoms with van der Waals surface area (Å²) in [6.07, 6.45) is 0. The third-order valence-electron chi connectivity index (χ3n) is 3.95. The Kier molecular flexibility index (Phi) is 5.18. The van der Waals surface area contributed by atoms with E-state index in [4.69, 9.17) is 0 Å². The van der Waals surface area contributed by atoms with E-state index in [0.717, 1.165) is 6.07 Å². The van der Waals surface area contributed by atoms with E-state index < -0.39 is 42.5 Å². The van der Waals surface area contributed by atoms with E-state index >= 15 is 0 Å². The SMILES string of the molecule is Cc1cc(S(=O)(=O)[C@@H]2CS(=O)(=O)C[C@H]2NCC(C)C)ccc1F. The number of hydrogen-bond acceptors (Lipinski definition) is 5. The zero-order valence-corrected chi connectivity index (χ0v) is 15.0. The Morgan fingerprint density at radius 1 is 1.30 bits per heavy atom. The molecule has 2 atom stereocenters. The van der Waals surface area contributed by atoms with Gasteiger partial charge in [-0.15, -0.1) is 0 Å². The second-order valence-electron chi connectivity index (χ2n) is 6.48. The van der Waals surface area contributed by atoms with Crippen molar-refractivity contribution in [3.63, 3.8) is 0 Å². The maximum Gasteiger partial charge on any atom is 0.183 e. The molecule has 130 valence electrons. The summed E-state index contributed by atoms with van der Waals surface area (Å²) in [5.41, 5.74) is 0.221. The number of halogens is 1. The first kappa shape index (κ1) is 18.4. The van der Waals surface area contributed by atoms with Crippen molar-refractivity contribution >= 4 is 19.7 Å². The van der Waals surface area contributed by atoms with Crippen LogP contribution >= 0.6 is 0 Å². The van der Waals surface area contributed by atoms with Crippen molar-refractivity contribution in [1.29, 1.82) is 0 Å². The van der Waals surface area contributed by atoms with Crippen LogP contribution in [0.2, 0.25) is 0 Å². The number of aryl methyl sites for hydroxylation is 1. The van der Waals surface area contributed by atoms with Gasteiger partial charge in [0.05, 0.1) is 21.7 Å². The smallest absolute Gasteiger partial charge is 0.183 e. The maximum atomic E-state index is 13.4. The fraction of sp³-hybridized carbons (Fsp3) is 0.600. The van der Waals surface area contributed by atoms with Crippen LogP contribution in [0.5, 0.6) is 0 Å². The fourth-order valence-corrected chi connectivity index (χ4v) is 7.47. The Morgan fingerprint density at radius 2 is 1.96 bits per heavy atom. The molecule has 1 aliphatic heterocycles. The van der Waals surface area contributed by atoms with Crippen molar-refractivity contribution in [2.75, 3.05) is 18.1 Å². The highest BCUT2D eigenvalue weighted by Gasteiger charge is 2.45. The number of nitrogens with one attached hydrogen (secondary N) is 1. The van der Waals surface area contributed by atoms with E-state index in [1.165, 1.54) is 19.1 Å². The molecule has 0 bridgehead atoms. The van der Waals surface area contributed by atoms with Crippen LogP contribution in [0.1, 0.15) is 19.4 Å². The highest BCUT2D eigenvalue weighted by Crippen LogP contribution is 2.27. The summed E-state index contributed by atoms with van der Waals surface area (Å²) in [6.45, 7) is 5.94. The molecule has 5 nitrogen and oxygen atoms in total. The Hall–Kier alpha value is -0.990. The quantitative estimate of drug-likeness (QED) is 0.798. The number of sulfone groups is 2. The molecule has 2 rings (SSSR count). The predicted molar refractivity (Wildman–Crippen MR) is 87.4 cm³/mol. The molecule has 0 radical (unpaired) electrons. The highest BCUT2D eigenvalue weighted by molar-refractivity contribution is 7.96. The van der Waals surface area contributed by atoms with Crippen molar-refractivity contribution in [2.24, 2.45) is 5.92 Å². The summed E-state index contributed by atoms with van der Waals surface area (Å²) in [4.78, 5) is -0.0325. The lowest BCUT2D eigenvalue weighted by molar-refractivity contribution is 0.480. The molecule has 23 heavy (non-hydrogen) atoms. The molecule has 8 heteroatoms. The van der Waals surface area contributed by atoms with E-state index in [2.05, 4.69) is 5.32 Å². The van der Waals surface area contributed by atoms with Crippen LogP contribution in [0.4, 0.5) is 4.39 Å². The molecule has 1 saturated heterocycles.